The standard InChI is InChI=1S/C11H17N3O/c1-9(11(12)13)15-8-2-3-10-4-6-14-7-5-10/h4-7,9H,2-3,8H2,1H3,(H3,12,13). The number of aromatic nitrogens is 1. The largest absolute Gasteiger partial charge is 0.385 e. The van der Waals surface area contributed by atoms with E-state index >= 15 is 0 Å². The van der Waals surface area contributed by atoms with Gasteiger partial charge in [0.2, 0.25) is 0 Å². The fourth-order valence-corrected chi connectivity index (χ4v) is 1.18. The maximum Gasteiger partial charge on any atom is 0.120 e. The highest BCUT2D eigenvalue weighted by Gasteiger charge is 2.03. The Balaban J connectivity index is 2.15. The summed E-state index contributed by atoms with van der Waals surface area (Å²) in [5, 5.41) is 7.14. The normalized spacial score (nSPS) is 12.3. The van der Waals surface area contributed by atoms with E-state index in [4.69, 9.17) is 15.9 Å². The highest BCUT2D eigenvalue weighted by Crippen LogP contribution is 2.01. The van der Waals surface area contributed by atoms with Crippen LogP contribution >= 0.6 is 0 Å². The fraction of sp³-hybridized carbons (Fsp3) is 0.455. The van der Waals surface area contributed by atoms with Gasteiger partial charge in [-0.05, 0) is 37.5 Å². The summed E-state index contributed by atoms with van der Waals surface area (Å²) >= 11 is 0. The summed E-state index contributed by atoms with van der Waals surface area (Å²) < 4.78 is 5.36. The van der Waals surface area contributed by atoms with Crippen molar-refractivity contribution in [2.45, 2.75) is 25.9 Å². The molecule has 0 amide bonds. The maximum absolute atomic E-state index is 7.14. The van der Waals surface area contributed by atoms with E-state index < -0.39 is 0 Å². The molecule has 4 nitrogen and oxygen atoms in total. The van der Waals surface area contributed by atoms with Crippen LogP contribution in [0.25, 0.3) is 0 Å². The molecule has 15 heavy (non-hydrogen) atoms. The summed E-state index contributed by atoms with van der Waals surface area (Å²) in [6.07, 6.45) is 5.19. The van der Waals surface area contributed by atoms with Crippen molar-refractivity contribution < 1.29 is 4.74 Å². The van der Waals surface area contributed by atoms with Crippen LogP contribution in [0, 0.1) is 5.41 Å². The molecule has 0 fully saturated rings. The zero-order valence-corrected chi connectivity index (χ0v) is 8.94. The fourth-order valence-electron chi connectivity index (χ4n) is 1.18. The molecule has 3 N–H and O–H groups in total. The Hall–Kier alpha value is -1.42. The number of nitrogens with zero attached hydrogens (tertiary/aromatic N) is 1. The zero-order valence-electron chi connectivity index (χ0n) is 8.94. The van der Waals surface area contributed by atoms with E-state index in [0.29, 0.717) is 6.61 Å². The smallest absolute Gasteiger partial charge is 0.120 e. The predicted molar refractivity (Wildman–Crippen MR) is 59.9 cm³/mol. The second kappa shape index (κ2) is 6.14. The van der Waals surface area contributed by atoms with Crippen LogP contribution in [0.1, 0.15) is 18.9 Å². The van der Waals surface area contributed by atoms with Crippen molar-refractivity contribution >= 4 is 5.84 Å². The number of nitrogens with two attached hydrogens (primary N) is 1. The second-order valence-corrected chi connectivity index (χ2v) is 3.43. The lowest BCUT2D eigenvalue weighted by molar-refractivity contribution is 0.106. The van der Waals surface area contributed by atoms with E-state index in [-0.39, 0.29) is 11.9 Å². The van der Waals surface area contributed by atoms with E-state index in [9.17, 15) is 0 Å². The van der Waals surface area contributed by atoms with E-state index in [1.54, 1.807) is 19.3 Å². The van der Waals surface area contributed by atoms with E-state index in [1.165, 1.54) is 5.56 Å². The minimum absolute atomic E-state index is 0.0823. The molecule has 0 bridgehead atoms. The Kier molecular flexibility index (Phi) is 4.77. The first-order valence-corrected chi connectivity index (χ1v) is 5.04. The van der Waals surface area contributed by atoms with Crippen LogP contribution in [-0.2, 0) is 11.2 Å². The molecule has 1 aromatic rings. The monoisotopic (exact) mass is 207 g/mol. The van der Waals surface area contributed by atoms with Gasteiger partial charge in [0.05, 0.1) is 0 Å². The summed E-state index contributed by atoms with van der Waals surface area (Å²) in [6.45, 7) is 2.41. The first-order valence-electron chi connectivity index (χ1n) is 5.04. The molecule has 1 unspecified atom stereocenters. The van der Waals surface area contributed by atoms with Gasteiger partial charge >= 0.3 is 0 Å². The topological polar surface area (TPSA) is 72.0 Å². The molecule has 0 aliphatic rings. The van der Waals surface area contributed by atoms with Crippen LogP contribution in [0.5, 0.6) is 0 Å². The first kappa shape index (κ1) is 11.7. The summed E-state index contributed by atoms with van der Waals surface area (Å²) in [5.41, 5.74) is 6.53. The summed E-state index contributed by atoms with van der Waals surface area (Å²) in [7, 11) is 0. The predicted octanol–water partition coefficient (Wildman–Crippen LogP) is 1.36. The summed E-state index contributed by atoms with van der Waals surface area (Å²) in [5.74, 6) is 0.0823. The number of rotatable bonds is 6. The van der Waals surface area contributed by atoms with Crippen LogP contribution in [-0.4, -0.2) is 23.5 Å². The third-order valence-electron chi connectivity index (χ3n) is 2.16. The van der Waals surface area contributed by atoms with Crippen molar-refractivity contribution in [1.82, 2.24) is 4.98 Å². The van der Waals surface area contributed by atoms with Crippen LogP contribution < -0.4 is 5.73 Å². The zero-order chi connectivity index (χ0) is 11.1. The molecule has 0 aromatic carbocycles. The lowest BCUT2D eigenvalue weighted by Crippen LogP contribution is -2.27. The van der Waals surface area contributed by atoms with E-state index in [1.807, 2.05) is 12.1 Å². The molecule has 0 radical (unpaired) electrons. The van der Waals surface area contributed by atoms with Crippen molar-refractivity contribution in [3.05, 3.63) is 30.1 Å². The van der Waals surface area contributed by atoms with Gasteiger partial charge in [-0.3, -0.25) is 10.4 Å². The summed E-state index contributed by atoms with van der Waals surface area (Å²) in [4.78, 5) is 3.95. The van der Waals surface area contributed by atoms with Gasteiger partial charge in [0.25, 0.3) is 0 Å². The summed E-state index contributed by atoms with van der Waals surface area (Å²) in [6, 6.07) is 3.99. The lowest BCUT2D eigenvalue weighted by Gasteiger charge is -2.10. The molecule has 1 heterocycles. The van der Waals surface area contributed by atoms with E-state index in [0.717, 1.165) is 12.8 Å². The van der Waals surface area contributed by atoms with Gasteiger partial charge in [0.15, 0.2) is 0 Å². The Morgan fingerprint density at radius 1 is 1.53 bits per heavy atom. The molecular weight excluding hydrogens is 190 g/mol. The average molecular weight is 207 g/mol. The molecule has 0 spiro atoms. The number of aryl methyl sites for hydroxylation is 1. The first-order chi connectivity index (χ1) is 7.20. The highest BCUT2D eigenvalue weighted by atomic mass is 16.5. The van der Waals surface area contributed by atoms with Gasteiger partial charge in [-0.15, -0.1) is 0 Å². The minimum atomic E-state index is -0.276. The molecule has 82 valence electrons. The number of hydrogen-bond donors (Lipinski definition) is 2. The Bertz CT molecular complexity index is 300. The van der Waals surface area contributed by atoms with Gasteiger partial charge in [-0.1, -0.05) is 0 Å². The molecule has 1 atom stereocenters. The maximum atomic E-state index is 7.14. The quantitative estimate of drug-likeness (QED) is 0.420. The number of nitrogens with one attached hydrogen (secondary N) is 1. The van der Waals surface area contributed by atoms with Gasteiger partial charge in [-0.2, -0.15) is 0 Å². The highest BCUT2D eigenvalue weighted by molar-refractivity contribution is 5.81. The third-order valence-corrected chi connectivity index (χ3v) is 2.16. The molecule has 1 rings (SSSR count). The number of ether oxygens (including phenoxy) is 1. The molecule has 0 aliphatic carbocycles. The van der Waals surface area contributed by atoms with Crippen LogP contribution in [0.4, 0.5) is 0 Å². The molecular formula is C11H17N3O. The van der Waals surface area contributed by atoms with Crippen LogP contribution in [0.2, 0.25) is 0 Å². The molecule has 0 aliphatic heterocycles. The Morgan fingerprint density at radius 2 is 2.20 bits per heavy atom. The SMILES string of the molecule is CC(OCCCc1ccncc1)C(=N)N. The molecule has 0 saturated carbocycles. The molecule has 0 saturated heterocycles. The lowest BCUT2D eigenvalue weighted by atomic mass is 10.1. The minimum Gasteiger partial charge on any atom is -0.385 e. The Morgan fingerprint density at radius 3 is 2.80 bits per heavy atom. The number of pyridine rings is 1. The van der Waals surface area contributed by atoms with Crippen molar-refractivity contribution in [2.75, 3.05) is 6.61 Å². The van der Waals surface area contributed by atoms with Crippen molar-refractivity contribution in [3.63, 3.8) is 0 Å². The van der Waals surface area contributed by atoms with Gasteiger partial charge < -0.3 is 10.5 Å². The van der Waals surface area contributed by atoms with Gasteiger partial charge in [0.1, 0.15) is 11.9 Å². The Labute approximate surface area is 90.0 Å². The molecule has 4 heteroatoms. The van der Waals surface area contributed by atoms with Crippen LogP contribution in [0.15, 0.2) is 24.5 Å². The number of amidine groups is 1. The number of hydrogen-bond acceptors (Lipinski definition) is 3. The van der Waals surface area contributed by atoms with Gasteiger partial charge in [0, 0.05) is 19.0 Å². The second-order valence-electron chi connectivity index (χ2n) is 3.43. The third kappa shape index (κ3) is 4.56. The van der Waals surface area contributed by atoms with Crippen molar-refractivity contribution in [1.29, 1.82) is 5.41 Å². The van der Waals surface area contributed by atoms with Gasteiger partial charge in [-0.25, -0.2) is 0 Å². The van der Waals surface area contributed by atoms with Crippen molar-refractivity contribution in [3.8, 4) is 0 Å². The van der Waals surface area contributed by atoms with Crippen molar-refractivity contribution in [2.24, 2.45) is 5.73 Å². The average Bonchev–Trinajstić information content (AvgIpc) is 2.25. The van der Waals surface area contributed by atoms with Crippen LogP contribution in [0.3, 0.4) is 0 Å². The van der Waals surface area contributed by atoms with E-state index in [2.05, 4.69) is 4.98 Å². The molecule has 1 aromatic heterocycles.